The van der Waals surface area contributed by atoms with Crippen LogP contribution in [0.2, 0.25) is 0 Å². The molecule has 0 aliphatic rings. The van der Waals surface area contributed by atoms with Gasteiger partial charge in [0.2, 0.25) is 0 Å². The number of hydrogen-bond donors (Lipinski definition) is 1. The molecular weight excluding hydrogens is 236 g/mol. The first-order valence-corrected chi connectivity index (χ1v) is 6.56. The maximum absolute atomic E-state index is 9.45. The molecule has 3 heteroatoms. The summed E-state index contributed by atoms with van der Waals surface area (Å²) in [6.07, 6.45) is 2.27. The monoisotopic (exact) mass is 256 g/mol. The van der Waals surface area contributed by atoms with E-state index in [0.29, 0.717) is 0 Å². The van der Waals surface area contributed by atoms with Crippen LogP contribution < -0.4 is 4.90 Å². The highest BCUT2D eigenvalue weighted by Crippen LogP contribution is 2.15. The third kappa shape index (κ3) is 3.80. The number of rotatable bonds is 5. The van der Waals surface area contributed by atoms with Crippen LogP contribution in [-0.4, -0.2) is 23.7 Å². The van der Waals surface area contributed by atoms with Gasteiger partial charge in [-0.1, -0.05) is 36.4 Å². The van der Waals surface area contributed by atoms with Crippen LogP contribution in [0.25, 0.3) is 0 Å². The first kappa shape index (κ1) is 13.6. The van der Waals surface area contributed by atoms with E-state index in [1.54, 1.807) is 13.1 Å². The van der Waals surface area contributed by atoms with Crippen molar-refractivity contribution in [1.29, 1.82) is 0 Å². The highest BCUT2D eigenvalue weighted by Gasteiger charge is 2.05. The Hall–Kier alpha value is -1.87. The molecule has 1 aromatic carbocycles. The van der Waals surface area contributed by atoms with E-state index in [0.717, 1.165) is 24.3 Å². The van der Waals surface area contributed by atoms with Gasteiger partial charge in [-0.05, 0) is 30.5 Å². The second-order valence-corrected chi connectivity index (χ2v) is 4.78. The standard InChI is InChI=1S/C16H20N2O/c1-13(19)15-8-9-16(17-12-15)18(2)11-10-14-6-4-3-5-7-14/h3-9,12-13,19H,10-11H2,1-2H3. The van der Waals surface area contributed by atoms with Crippen LogP contribution in [0.4, 0.5) is 5.82 Å². The molecule has 0 aliphatic heterocycles. The van der Waals surface area contributed by atoms with Gasteiger partial charge in [0, 0.05) is 19.8 Å². The third-order valence-corrected chi connectivity index (χ3v) is 3.22. The van der Waals surface area contributed by atoms with E-state index in [1.165, 1.54) is 5.56 Å². The number of aliphatic hydroxyl groups excluding tert-OH is 1. The van der Waals surface area contributed by atoms with E-state index in [-0.39, 0.29) is 0 Å². The van der Waals surface area contributed by atoms with Gasteiger partial charge >= 0.3 is 0 Å². The van der Waals surface area contributed by atoms with E-state index in [4.69, 9.17) is 0 Å². The molecule has 1 N–H and O–H groups in total. The normalized spacial score (nSPS) is 12.2. The summed E-state index contributed by atoms with van der Waals surface area (Å²) >= 11 is 0. The largest absolute Gasteiger partial charge is 0.389 e. The zero-order valence-electron chi connectivity index (χ0n) is 11.5. The van der Waals surface area contributed by atoms with Crippen molar-refractivity contribution >= 4 is 5.82 Å². The van der Waals surface area contributed by atoms with Gasteiger partial charge in [-0.25, -0.2) is 4.98 Å². The van der Waals surface area contributed by atoms with E-state index in [1.807, 2.05) is 25.2 Å². The van der Waals surface area contributed by atoms with Gasteiger partial charge in [-0.2, -0.15) is 0 Å². The molecule has 0 saturated heterocycles. The molecule has 0 aliphatic carbocycles. The number of aliphatic hydroxyl groups is 1. The molecule has 1 heterocycles. The van der Waals surface area contributed by atoms with Gasteiger partial charge in [0.1, 0.15) is 5.82 Å². The molecule has 0 fully saturated rings. The van der Waals surface area contributed by atoms with Gasteiger partial charge in [0.25, 0.3) is 0 Å². The summed E-state index contributed by atoms with van der Waals surface area (Å²) in [5.41, 5.74) is 2.18. The average Bonchev–Trinajstić information content (AvgIpc) is 2.46. The Morgan fingerprint density at radius 3 is 2.47 bits per heavy atom. The first-order chi connectivity index (χ1) is 9.16. The van der Waals surface area contributed by atoms with Gasteiger partial charge in [-0.15, -0.1) is 0 Å². The van der Waals surface area contributed by atoms with Gasteiger partial charge in [0.15, 0.2) is 0 Å². The molecule has 0 spiro atoms. The fourth-order valence-corrected chi connectivity index (χ4v) is 1.93. The average molecular weight is 256 g/mol. The molecule has 1 unspecified atom stereocenters. The van der Waals surface area contributed by atoms with E-state index in [2.05, 4.69) is 34.1 Å². The summed E-state index contributed by atoms with van der Waals surface area (Å²) < 4.78 is 0. The van der Waals surface area contributed by atoms with E-state index < -0.39 is 6.10 Å². The number of nitrogens with zero attached hydrogens (tertiary/aromatic N) is 2. The lowest BCUT2D eigenvalue weighted by molar-refractivity contribution is 0.199. The highest BCUT2D eigenvalue weighted by molar-refractivity contribution is 5.38. The highest BCUT2D eigenvalue weighted by atomic mass is 16.3. The second-order valence-electron chi connectivity index (χ2n) is 4.78. The maximum atomic E-state index is 9.45. The van der Waals surface area contributed by atoms with Crippen LogP contribution in [0.1, 0.15) is 24.2 Å². The fraction of sp³-hybridized carbons (Fsp3) is 0.312. The third-order valence-electron chi connectivity index (χ3n) is 3.22. The Bertz CT molecular complexity index is 494. The molecule has 0 saturated carbocycles. The Labute approximate surface area is 114 Å². The zero-order valence-corrected chi connectivity index (χ0v) is 11.5. The number of anilines is 1. The van der Waals surface area contributed by atoms with E-state index in [9.17, 15) is 5.11 Å². The molecule has 100 valence electrons. The van der Waals surface area contributed by atoms with Crippen LogP contribution in [-0.2, 0) is 6.42 Å². The molecule has 1 aromatic heterocycles. The zero-order chi connectivity index (χ0) is 13.7. The first-order valence-electron chi connectivity index (χ1n) is 6.56. The molecule has 3 nitrogen and oxygen atoms in total. The van der Waals surface area contributed by atoms with Crippen molar-refractivity contribution in [1.82, 2.24) is 4.98 Å². The minimum Gasteiger partial charge on any atom is -0.389 e. The smallest absolute Gasteiger partial charge is 0.128 e. The number of aromatic nitrogens is 1. The minimum absolute atomic E-state index is 0.462. The molecule has 2 aromatic rings. The molecule has 2 rings (SSSR count). The maximum Gasteiger partial charge on any atom is 0.128 e. The summed E-state index contributed by atoms with van der Waals surface area (Å²) in [4.78, 5) is 6.50. The molecule has 0 radical (unpaired) electrons. The van der Waals surface area contributed by atoms with Gasteiger partial charge in [0.05, 0.1) is 6.10 Å². The lowest BCUT2D eigenvalue weighted by Crippen LogP contribution is -2.21. The van der Waals surface area contributed by atoms with Crippen molar-refractivity contribution in [2.75, 3.05) is 18.5 Å². The number of pyridine rings is 1. The minimum atomic E-state index is -0.462. The van der Waals surface area contributed by atoms with Crippen molar-refractivity contribution in [2.24, 2.45) is 0 Å². The summed E-state index contributed by atoms with van der Waals surface area (Å²) in [6, 6.07) is 14.3. The lowest BCUT2D eigenvalue weighted by atomic mass is 10.1. The number of likely N-dealkylation sites (N-methyl/N-ethyl adjacent to an activating group) is 1. The summed E-state index contributed by atoms with van der Waals surface area (Å²) in [5, 5.41) is 9.45. The summed E-state index contributed by atoms with van der Waals surface area (Å²) in [7, 11) is 2.04. The number of benzene rings is 1. The Kier molecular flexibility index (Phi) is 4.53. The predicted octanol–water partition coefficient (Wildman–Crippen LogP) is 2.81. The molecule has 0 amide bonds. The van der Waals surface area contributed by atoms with Gasteiger partial charge in [-0.3, -0.25) is 0 Å². The molecule has 0 bridgehead atoms. The van der Waals surface area contributed by atoms with Crippen LogP contribution >= 0.6 is 0 Å². The summed E-state index contributed by atoms with van der Waals surface area (Å²) in [6.45, 7) is 2.67. The Morgan fingerprint density at radius 2 is 1.89 bits per heavy atom. The van der Waals surface area contributed by atoms with Crippen molar-refractivity contribution in [3.63, 3.8) is 0 Å². The van der Waals surface area contributed by atoms with Crippen LogP contribution in [0, 0.1) is 0 Å². The summed E-state index contributed by atoms with van der Waals surface area (Å²) in [5.74, 6) is 0.931. The molecule has 19 heavy (non-hydrogen) atoms. The lowest BCUT2D eigenvalue weighted by Gasteiger charge is -2.18. The second kappa shape index (κ2) is 6.34. The SMILES string of the molecule is CC(O)c1ccc(N(C)CCc2ccccc2)nc1. The molecule has 1 atom stereocenters. The number of hydrogen-bond acceptors (Lipinski definition) is 3. The Balaban J connectivity index is 1.94. The van der Waals surface area contributed by atoms with Crippen LogP contribution in [0.5, 0.6) is 0 Å². The van der Waals surface area contributed by atoms with E-state index >= 15 is 0 Å². The predicted molar refractivity (Wildman–Crippen MR) is 78.3 cm³/mol. The van der Waals surface area contributed by atoms with Crippen molar-refractivity contribution in [3.8, 4) is 0 Å². The Morgan fingerprint density at radius 1 is 1.16 bits per heavy atom. The van der Waals surface area contributed by atoms with Crippen molar-refractivity contribution < 1.29 is 5.11 Å². The van der Waals surface area contributed by atoms with Crippen LogP contribution in [0.3, 0.4) is 0 Å². The molecular formula is C16H20N2O. The van der Waals surface area contributed by atoms with Gasteiger partial charge < -0.3 is 10.0 Å². The van der Waals surface area contributed by atoms with Crippen molar-refractivity contribution in [3.05, 3.63) is 59.8 Å². The quantitative estimate of drug-likeness (QED) is 0.893. The van der Waals surface area contributed by atoms with Crippen molar-refractivity contribution in [2.45, 2.75) is 19.4 Å². The fourth-order valence-electron chi connectivity index (χ4n) is 1.93. The van der Waals surface area contributed by atoms with Crippen LogP contribution in [0.15, 0.2) is 48.7 Å². The topological polar surface area (TPSA) is 36.4 Å².